The Morgan fingerprint density at radius 3 is 2.64 bits per heavy atom. The largest absolute Gasteiger partial charge is 0.335 e. The molecule has 1 aromatic heterocycles. The average molecular weight is 410 g/mol. The van der Waals surface area contributed by atoms with Gasteiger partial charge >= 0.3 is 0 Å². The maximum atomic E-state index is 12.4. The third-order valence-corrected chi connectivity index (χ3v) is 5.45. The summed E-state index contributed by atoms with van der Waals surface area (Å²) in [5.41, 5.74) is 1.46. The van der Waals surface area contributed by atoms with E-state index in [1.807, 2.05) is 60.7 Å². The summed E-state index contributed by atoms with van der Waals surface area (Å²) in [6.07, 6.45) is 0. The van der Waals surface area contributed by atoms with Gasteiger partial charge in [0.25, 0.3) is 0 Å². The van der Waals surface area contributed by atoms with Crippen LogP contribution in [0.4, 0.5) is 5.69 Å². The molecule has 0 fully saturated rings. The summed E-state index contributed by atoms with van der Waals surface area (Å²) >= 11 is 7.41. The summed E-state index contributed by atoms with van der Waals surface area (Å²) < 4.78 is 1.34. The number of amides is 1. The molecule has 0 aliphatic heterocycles. The Labute approximate surface area is 170 Å². The van der Waals surface area contributed by atoms with Crippen molar-refractivity contribution in [1.82, 2.24) is 14.9 Å². The molecule has 4 rings (SSSR count). The molecule has 0 bridgehead atoms. The monoisotopic (exact) mass is 409 g/mol. The molecule has 1 amide bonds. The minimum absolute atomic E-state index is 0.149. The number of hydrogen-bond donors (Lipinski definition) is 2. The van der Waals surface area contributed by atoms with Gasteiger partial charge in [-0.1, -0.05) is 71.9 Å². The van der Waals surface area contributed by atoms with Crippen LogP contribution in [0.3, 0.4) is 0 Å². The number of rotatable bonds is 5. The van der Waals surface area contributed by atoms with Gasteiger partial charge in [-0.3, -0.25) is 4.79 Å². The number of nitrogens with zero attached hydrogens (tertiary/aromatic N) is 3. The van der Waals surface area contributed by atoms with Crippen LogP contribution in [0, 0.1) is 0 Å². The number of benzene rings is 3. The van der Waals surface area contributed by atoms with Gasteiger partial charge < -0.3 is 11.2 Å². The fraction of sp³-hybridized carbons (Fsp3) is 0.0500. The molecular formula is C20H16ClN5OS. The van der Waals surface area contributed by atoms with Gasteiger partial charge in [0.15, 0.2) is 5.82 Å². The van der Waals surface area contributed by atoms with E-state index in [0.717, 1.165) is 16.5 Å². The highest BCUT2D eigenvalue weighted by molar-refractivity contribution is 7.99. The number of aromatic nitrogens is 3. The van der Waals surface area contributed by atoms with Gasteiger partial charge in [-0.05, 0) is 23.6 Å². The summed E-state index contributed by atoms with van der Waals surface area (Å²) in [6, 6.07) is 21.0. The van der Waals surface area contributed by atoms with Crippen molar-refractivity contribution in [1.29, 1.82) is 0 Å². The normalized spacial score (nSPS) is 10.9. The fourth-order valence-corrected chi connectivity index (χ4v) is 3.73. The second kappa shape index (κ2) is 7.92. The lowest BCUT2D eigenvalue weighted by Gasteiger charge is -2.08. The van der Waals surface area contributed by atoms with Gasteiger partial charge in [-0.2, -0.15) is 0 Å². The summed E-state index contributed by atoms with van der Waals surface area (Å²) in [6.45, 7) is 0. The van der Waals surface area contributed by atoms with Crippen LogP contribution in [0.25, 0.3) is 22.2 Å². The van der Waals surface area contributed by atoms with Crippen LogP contribution in [0.1, 0.15) is 0 Å². The Hall–Kier alpha value is -3.03. The number of anilines is 1. The Bertz CT molecular complexity index is 1160. The first-order valence-electron chi connectivity index (χ1n) is 8.49. The van der Waals surface area contributed by atoms with Crippen LogP contribution >= 0.6 is 23.4 Å². The third-order valence-electron chi connectivity index (χ3n) is 4.18. The van der Waals surface area contributed by atoms with E-state index in [-0.39, 0.29) is 11.7 Å². The lowest BCUT2D eigenvalue weighted by atomic mass is 10.1. The fourth-order valence-electron chi connectivity index (χ4n) is 2.85. The molecular weight excluding hydrogens is 394 g/mol. The predicted octanol–water partition coefficient (Wildman–Crippen LogP) is 4.20. The van der Waals surface area contributed by atoms with Crippen LogP contribution in [0.2, 0.25) is 5.02 Å². The van der Waals surface area contributed by atoms with Crippen molar-refractivity contribution in [2.24, 2.45) is 0 Å². The van der Waals surface area contributed by atoms with E-state index in [4.69, 9.17) is 17.4 Å². The second-order valence-corrected chi connectivity index (χ2v) is 7.37. The zero-order valence-electron chi connectivity index (χ0n) is 14.7. The topological polar surface area (TPSA) is 85.8 Å². The quantitative estimate of drug-likeness (QED) is 0.381. The van der Waals surface area contributed by atoms with Crippen molar-refractivity contribution in [3.05, 3.63) is 71.8 Å². The van der Waals surface area contributed by atoms with E-state index in [1.54, 1.807) is 6.07 Å². The highest BCUT2D eigenvalue weighted by Crippen LogP contribution is 2.28. The Balaban J connectivity index is 1.46. The maximum Gasteiger partial charge on any atom is 0.234 e. The van der Waals surface area contributed by atoms with E-state index < -0.39 is 0 Å². The van der Waals surface area contributed by atoms with Crippen LogP contribution in [0.15, 0.2) is 71.9 Å². The van der Waals surface area contributed by atoms with E-state index in [0.29, 0.717) is 21.6 Å². The molecule has 140 valence electrons. The number of carbonyl (C=O) groups is 1. The standard InChI is InChI=1S/C20H16ClN5OS/c21-16-10-4-3-9-15(16)19-24-25-20(26(19)22)28-12-18(27)23-17-11-5-7-13-6-1-2-8-14(13)17/h1-11H,12,22H2,(H,23,27). The number of carbonyl (C=O) groups excluding carboxylic acids is 1. The molecule has 1 heterocycles. The lowest BCUT2D eigenvalue weighted by Crippen LogP contribution is -2.16. The molecule has 0 aliphatic rings. The molecule has 0 atom stereocenters. The summed E-state index contributed by atoms with van der Waals surface area (Å²) in [7, 11) is 0. The van der Waals surface area contributed by atoms with Gasteiger partial charge in [-0.25, -0.2) is 4.68 Å². The number of nitrogen functional groups attached to an aromatic ring is 1. The molecule has 0 unspecified atom stereocenters. The molecule has 3 aromatic carbocycles. The zero-order chi connectivity index (χ0) is 19.5. The summed E-state index contributed by atoms with van der Waals surface area (Å²) in [5, 5.41) is 14.1. The van der Waals surface area contributed by atoms with E-state index in [1.165, 1.54) is 16.4 Å². The van der Waals surface area contributed by atoms with Crippen molar-refractivity contribution in [3.63, 3.8) is 0 Å². The number of halogens is 1. The Kier molecular flexibility index (Phi) is 5.18. The highest BCUT2D eigenvalue weighted by Gasteiger charge is 2.16. The van der Waals surface area contributed by atoms with Crippen molar-refractivity contribution >= 4 is 45.7 Å². The van der Waals surface area contributed by atoms with Crippen LogP contribution in [-0.4, -0.2) is 26.5 Å². The second-order valence-electron chi connectivity index (χ2n) is 6.02. The average Bonchev–Trinajstić information content (AvgIpc) is 3.07. The van der Waals surface area contributed by atoms with Gasteiger partial charge in [0.05, 0.1) is 10.8 Å². The van der Waals surface area contributed by atoms with Crippen molar-refractivity contribution in [2.45, 2.75) is 5.16 Å². The molecule has 8 heteroatoms. The molecule has 0 saturated carbocycles. The van der Waals surface area contributed by atoms with Crippen molar-refractivity contribution < 1.29 is 4.79 Å². The molecule has 0 radical (unpaired) electrons. The number of hydrogen-bond acceptors (Lipinski definition) is 5. The van der Waals surface area contributed by atoms with E-state index >= 15 is 0 Å². The summed E-state index contributed by atoms with van der Waals surface area (Å²) in [5.74, 6) is 6.55. The Morgan fingerprint density at radius 1 is 1.04 bits per heavy atom. The predicted molar refractivity (Wildman–Crippen MR) is 114 cm³/mol. The number of fused-ring (bicyclic) bond motifs is 1. The Morgan fingerprint density at radius 2 is 1.79 bits per heavy atom. The minimum Gasteiger partial charge on any atom is -0.335 e. The SMILES string of the molecule is Nn1c(SCC(=O)Nc2cccc3ccccc23)nnc1-c1ccccc1Cl. The van der Waals surface area contributed by atoms with Crippen molar-refractivity contribution in [3.8, 4) is 11.4 Å². The first kappa shape index (κ1) is 18.3. The molecule has 0 spiro atoms. The van der Waals surface area contributed by atoms with Crippen LogP contribution in [0.5, 0.6) is 0 Å². The van der Waals surface area contributed by atoms with E-state index in [9.17, 15) is 4.79 Å². The van der Waals surface area contributed by atoms with Crippen LogP contribution < -0.4 is 11.2 Å². The number of nitrogens with one attached hydrogen (secondary N) is 1. The summed E-state index contributed by atoms with van der Waals surface area (Å²) in [4.78, 5) is 12.4. The van der Waals surface area contributed by atoms with Crippen molar-refractivity contribution in [2.75, 3.05) is 16.9 Å². The minimum atomic E-state index is -0.149. The first-order valence-corrected chi connectivity index (χ1v) is 9.85. The third kappa shape index (κ3) is 3.67. The molecule has 0 saturated heterocycles. The number of nitrogens with two attached hydrogens (primary N) is 1. The zero-order valence-corrected chi connectivity index (χ0v) is 16.2. The number of thioether (sulfide) groups is 1. The van der Waals surface area contributed by atoms with Gasteiger partial charge in [0.2, 0.25) is 11.1 Å². The molecule has 3 N–H and O–H groups in total. The molecule has 0 aliphatic carbocycles. The maximum absolute atomic E-state index is 12.4. The molecule has 28 heavy (non-hydrogen) atoms. The first-order chi connectivity index (χ1) is 13.6. The lowest BCUT2D eigenvalue weighted by molar-refractivity contribution is -0.113. The molecule has 6 nitrogen and oxygen atoms in total. The van der Waals surface area contributed by atoms with Gasteiger partial charge in [-0.15, -0.1) is 10.2 Å². The smallest absolute Gasteiger partial charge is 0.234 e. The highest BCUT2D eigenvalue weighted by atomic mass is 35.5. The van der Waals surface area contributed by atoms with Crippen LogP contribution in [-0.2, 0) is 4.79 Å². The van der Waals surface area contributed by atoms with Gasteiger partial charge in [0.1, 0.15) is 0 Å². The molecule has 4 aromatic rings. The van der Waals surface area contributed by atoms with Gasteiger partial charge in [0, 0.05) is 16.6 Å². The van der Waals surface area contributed by atoms with E-state index in [2.05, 4.69) is 15.5 Å².